The molecule has 1 saturated heterocycles. The van der Waals surface area contributed by atoms with Crippen LogP contribution in [-0.2, 0) is 4.84 Å². The van der Waals surface area contributed by atoms with Crippen molar-refractivity contribution in [3.8, 4) is 0 Å². The Morgan fingerprint density at radius 3 is 2.20 bits per heavy atom. The number of hydrogen-bond acceptors (Lipinski definition) is 3. The molecule has 0 saturated carbocycles. The van der Waals surface area contributed by atoms with Crippen molar-refractivity contribution in [3.05, 3.63) is 30.3 Å². The summed E-state index contributed by atoms with van der Waals surface area (Å²) in [5.74, 6) is -4.98. The normalized spacial score (nSPS) is 16.8. The van der Waals surface area contributed by atoms with Gasteiger partial charge in [0.25, 0.3) is 0 Å². The van der Waals surface area contributed by atoms with E-state index in [0.29, 0.717) is 5.69 Å². The van der Waals surface area contributed by atoms with Gasteiger partial charge in [0.2, 0.25) is 0 Å². The lowest BCUT2D eigenvalue weighted by atomic mass is 10.0. The second-order valence-electron chi connectivity index (χ2n) is 5.64. The Balaban J connectivity index is 2.11. The smallest absolute Gasteiger partial charge is 0.455 e. The molecule has 140 valence electrons. The molecule has 25 heavy (non-hydrogen) atoms. The summed E-state index contributed by atoms with van der Waals surface area (Å²) in [6.07, 6.45) is -6.31. The fraction of sp³-hybridized carbons (Fsp3) is 0.533. The van der Waals surface area contributed by atoms with Gasteiger partial charge in [0.1, 0.15) is 6.61 Å². The number of benzene rings is 1. The van der Waals surface area contributed by atoms with Crippen LogP contribution in [0.5, 0.6) is 0 Å². The average Bonchev–Trinajstić information content (AvgIpc) is 2.55. The summed E-state index contributed by atoms with van der Waals surface area (Å²) in [6.45, 7) is -1.56. The first-order valence-corrected chi connectivity index (χ1v) is 7.51. The van der Waals surface area contributed by atoms with Gasteiger partial charge in [-0.15, -0.1) is 0 Å². The first-order chi connectivity index (χ1) is 11.6. The number of para-hydroxylation sites is 1. The summed E-state index contributed by atoms with van der Waals surface area (Å²) in [4.78, 5) is 16.9. The molecule has 1 aromatic carbocycles. The van der Waals surface area contributed by atoms with E-state index in [0.717, 1.165) is 9.96 Å². The minimum Gasteiger partial charge on any atom is -0.465 e. The van der Waals surface area contributed by atoms with Gasteiger partial charge in [-0.05, 0) is 25.0 Å². The Hall–Kier alpha value is -2.10. The summed E-state index contributed by atoms with van der Waals surface area (Å²) in [7, 11) is 0. The Morgan fingerprint density at radius 2 is 1.72 bits per heavy atom. The van der Waals surface area contributed by atoms with Crippen LogP contribution in [0, 0.1) is 0 Å². The molecule has 1 amide bonds. The fourth-order valence-electron chi connectivity index (χ4n) is 2.49. The Labute approximate surface area is 140 Å². The van der Waals surface area contributed by atoms with Crippen molar-refractivity contribution in [1.82, 2.24) is 4.90 Å². The van der Waals surface area contributed by atoms with Crippen LogP contribution in [0.4, 0.5) is 32.4 Å². The van der Waals surface area contributed by atoms with E-state index in [1.54, 1.807) is 18.2 Å². The second kappa shape index (κ2) is 7.42. The monoisotopic (exact) mass is 368 g/mol. The summed E-state index contributed by atoms with van der Waals surface area (Å²) in [5.41, 5.74) is 0.328. The lowest BCUT2D eigenvalue weighted by Gasteiger charge is -2.38. The molecule has 0 radical (unpaired) electrons. The van der Waals surface area contributed by atoms with Gasteiger partial charge in [0, 0.05) is 13.1 Å². The molecule has 2 rings (SSSR count). The number of anilines is 1. The predicted molar refractivity (Wildman–Crippen MR) is 78.5 cm³/mol. The van der Waals surface area contributed by atoms with E-state index in [-0.39, 0.29) is 25.9 Å². The van der Waals surface area contributed by atoms with E-state index < -0.39 is 30.8 Å². The first-order valence-electron chi connectivity index (χ1n) is 7.51. The van der Waals surface area contributed by atoms with Gasteiger partial charge in [0.05, 0.1) is 11.7 Å². The number of rotatable bonds is 5. The van der Waals surface area contributed by atoms with Crippen molar-refractivity contribution in [2.24, 2.45) is 0 Å². The van der Waals surface area contributed by atoms with Gasteiger partial charge in [0.15, 0.2) is 0 Å². The van der Waals surface area contributed by atoms with Gasteiger partial charge in [-0.1, -0.05) is 18.2 Å². The summed E-state index contributed by atoms with van der Waals surface area (Å²) < 4.78 is 63.4. The molecule has 0 unspecified atom stereocenters. The quantitative estimate of drug-likeness (QED) is 0.635. The predicted octanol–water partition coefficient (Wildman–Crippen LogP) is 3.76. The zero-order valence-corrected chi connectivity index (χ0v) is 13.0. The molecule has 0 aromatic heterocycles. The number of halogens is 5. The molecule has 5 nitrogen and oxygen atoms in total. The van der Waals surface area contributed by atoms with Gasteiger partial charge in [-0.3, -0.25) is 9.90 Å². The number of hydroxylamine groups is 1. The molecule has 1 fully saturated rings. The average molecular weight is 368 g/mol. The maximum Gasteiger partial charge on any atom is 0.455 e. The SMILES string of the molecule is O=C(O)N1CCC(N(OCC(F)(F)C(F)(F)F)c2ccccc2)CC1. The third-order valence-electron chi connectivity index (χ3n) is 3.88. The number of carboxylic acid groups (broad SMARTS) is 1. The maximum absolute atomic E-state index is 13.2. The summed E-state index contributed by atoms with van der Waals surface area (Å²) in [6, 6.07) is 7.39. The highest BCUT2D eigenvalue weighted by atomic mass is 19.4. The third-order valence-corrected chi connectivity index (χ3v) is 3.88. The topological polar surface area (TPSA) is 53.0 Å². The number of carbonyl (C=O) groups is 1. The maximum atomic E-state index is 13.2. The second-order valence-corrected chi connectivity index (χ2v) is 5.64. The summed E-state index contributed by atoms with van der Waals surface area (Å²) in [5, 5.41) is 9.96. The van der Waals surface area contributed by atoms with E-state index in [2.05, 4.69) is 0 Å². The highest BCUT2D eigenvalue weighted by Gasteiger charge is 2.58. The Morgan fingerprint density at radius 1 is 1.16 bits per heavy atom. The molecule has 10 heteroatoms. The minimum absolute atomic E-state index is 0.141. The molecule has 0 aliphatic carbocycles. The Kier molecular flexibility index (Phi) is 5.71. The highest BCUT2D eigenvalue weighted by Crippen LogP contribution is 2.36. The Bertz CT molecular complexity index is 574. The van der Waals surface area contributed by atoms with E-state index in [9.17, 15) is 26.7 Å². The minimum atomic E-state index is -5.71. The zero-order chi connectivity index (χ0) is 18.7. The van der Waals surface area contributed by atoms with Crippen molar-refractivity contribution in [2.45, 2.75) is 31.0 Å². The van der Waals surface area contributed by atoms with Crippen LogP contribution >= 0.6 is 0 Å². The van der Waals surface area contributed by atoms with Crippen LogP contribution in [0.3, 0.4) is 0 Å². The number of alkyl halides is 5. The van der Waals surface area contributed by atoms with Gasteiger partial charge < -0.3 is 10.0 Å². The van der Waals surface area contributed by atoms with Crippen molar-refractivity contribution in [3.63, 3.8) is 0 Å². The number of nitrogens with zero attached hydrogens (tertiary/aromatic N) is 2. The molecule has 0 spiro atoms. The van der Waals surface area contributed by atoms with Crippen molar-refractivity contribution in [1.29, 1.82) is 0 Å². The lowest BCUT2D eigenvalue weighted by Crippen LogP contribution is -2.49. The number of hydrogen-bond donors (Lipinski definition) is 1. The van der Waals surface area contributed by atoms with Crippen molar-refractivity contribution < 1.29 is 36.7 Å². The molecule has 1 aliphatic rings. The lowest BCUT2D eigenvalue weighted by molar-refractivity contribution is -0.298. The van der Waals surface area contributed by atoms with Gasteiger partial charge >= 0.3 is 18.2 Å². The van der Waals surface area contributed by atoms with E-state index in [4.69, 9.17) is 9.94 Å². The zero-order valence-electron chi connectivity index (χ0n) is 13.0. The molecule has 1 aliphatic heterocycles. The molecule has 0 bridgehead atoms. The third kappa shape index (κ3) is 4.71. The van der Waals surface area contributed by atoms with Crippen molar-refractivity contribution in [2.75, 3.05) is 24.8 Å². The van der Waals surface area contributed by atoms with E-state index in [1.807, 2.05) is 0 Å². The molecule has 0 atom stereocenters. The highest BCUT2D eigenvalue weighted by molar-refractivity contribution is 5.65. The van der Waals surface area contributed by atoms with Gasteiger partial charge in [-0.25, -0.2) is 4.79 Å². The van der Waals surface area contributed by atoms with Crippen LogP contribution in [0.25, 0.3) is 0 Å². The van der Waals surface area contributed by atoms with E-state index >= 15 is 0 Å². The van der Waals surface area contributed by atoms with Crippen LogP contribution in [0.1, 0.15) is 12.8 Å². The van der Waals surface area contributed by atoms with Crippen LogP contribution in [0.15, 0.2) is 30.3 Å². The van der Waals surface area contributed by atoms with Gasteiger partial charge in [-0.2, -0.15) is 22.0 Å². The molecular weight excluding hydrogens is 351 g/mol. The molecular formula is C15H17F5N2O3. The first kappa shape index (κ1) is 19.2. The largest absolute Gasteiger partial charge is 0.465 e. The van der Waals surface area contributed by atoms with Crippen LogP contribution < -0.4 is 5.06 Å². The number of amides is 1. The van der Waals surface area contributed by atoms with Crippen LogP contribution in [-0.4, -0.2) is 53.9 Å². The number of piperidine rings is 1. The number of likely N-dealkylation sites (tertiary alicyclic amines) is 1. The molecule has 1 N–H and O–H groups in total. The van der Waals surface area contributed by atoms with Crippen LogP contribution in [0.2, 0.25) is 0 Å². The molecule has 1 aromatic rings. The summed E-state index contributed by atoms with van der Waals surface area (Å²) >= 11 is 0. The molecule has 1 heterocycles. The fourth-order valence-corrected chi connectivity index (χ4v) is 2.49. The van der Waals surface area contributed by atoms with E-state index in [1.165, 1.54) is 12.1 Å². The van der Waals surface area contributed by atoms with Crippen molar-refractivity contribution >= 4 is 11.8 Å². The standard InChI is InChI=1S/C15H17F5N2O3/c16-14(17,15(18,19)20)10-25-22(11-4-2-1-3-5-11)12-6-8-21(9-7-12)13(23)24/h1-5,12H,6-10H2,(H,23,24).